The van der Waals surface area contributed by atoms with E-state index in [2.05, 4.69) is 31.9 Å². The van der Waals surface area contributed by atoms with Crippen molar-refractivity contribution in [2.75, 3.05) is 0 Å². The van der Waals surface area contributed by atoms with Gasteiger partial charge in [-0.3, -0.25) is 4.68 Å². The number of nitrogens with zero attached hydrogens (tertiary/aromatic N) is 3. The van der Waals surface area contributed by atoms with Crippen molar-refractivity contribution >= 4 is 0 Å². The van der Waals surface area contributed by atoms with E-state index in [0.29, 0.717) is 5.56 Å². The summed E-state index contributed by atoms with van der Waals surface area (Å²) in [5.74, 6) is 0. The monoisotopic (exact) mass is 177 g/mol. The molecule has 0 spiro atoms. The maximum absolute atomic E-state index is 8.73. The molecular formula is C10H15N3. The van der Waals surface area contributed by atoms with Crippen molar-refractivity contribution in [3.63, 3.8) is 0 Å². The minimum atomic E-state index is 0.200. The second-order valence-electron chi connectivity index (χ2n) is 4.50. The first-order valence-electron chi connectivity index (χ1n) is 4.36. The van der Waals surface area contributed by atoms with Gasteiger partial charge in [-0.1, -0.05) is 20.8 Å². The number of rotatable bonds is 1. The quantitative estimate of drug-likeness (QED) is 0.659. The van der Waals surface area contributed by atoms with Gasteiger partial charge in [0.25, 0.3) is 0 Å². The first kappa shape index (κ1) is 9.79. The summed E-state index contributed by atoms with van der Waals surface area (Å²) in [6.07, 6.45) is 1.81. The average Bonchev–Trinajstić information content (AvgIpc) is 2.26. The van der Waals surface area contributed by atoms with E-state index >= 15 is 0 Å². The molecule has 0 N–H and O–H groups in total. The molecule has 13 heavy (non-hydrogen) atoms. The van der Waals surface area contributed by atoms with Crippen molar-refractivity contribution in [1.82, 2.24) is 9.78 Å². The minimum absolute atomic E-state index is 0.200. The van der Waals surface area contributed by atoms with Crippen LogP contribution in [0.4, 0.5) is 0 Å². The van der Waals surface area contributed by atoms with E-state index in [4.69, 9.17) is 5.26 Å². The van der Waals surface area contributed by atoms with Crippen molar-refractivity contribution in [2.24, 2.45) is 5.41 Å². The summed E-state index contributed by atoms with van der Waals surface area (Å²) in [6, 6.07) is 2.12. The third-order valence-electron chi connectivity index (χ3n) is 1.70. The molecule has 0 bridgehead atoms. The van der Waals surface area contributed by atoms with Gasteiger partial charge in [0.05, 0.1) is 11.3 Å². The van der Waals surface area contributed by atoms with Crippen molar-refractivity contribution in [1.29, 1.82) is 5.26 Å². The van der Waals surface area contributed by atoms with Crippen molar-refractivity contribution < 1.29 is 0 Å². The fourth-order valence-corrected chi connectivity index (χ4v) is 1.19. The first-order valence-corrected chi connectivity index (χ1v) is 4.36. The highest BCUT2D eigenvalue weighted by molar-refractivity contribution is 5.29. The third-order valence-corrected chi connectivity index (χ3v) is 1.70. The molecule has 3 heteroatoms. The molecule has 3 nitrogen and oxygen atoms in total. The molecule has 0 amide bonds. The molecule has 70 valence electrons. The molecule has 0 radical (unpaired) electrons. The van der Waals surface area contributed by atoms with Gasteiger partial charge in [0.2, 0.25) is 0 Å². The lowest BCUT2D eigenvalue weighted by Gasteiger charge is -2.17. The summed E-state index contributed by atoms with van der Waals surface area (Å²) in [5, 5.41) is 13.0. The minimum Gasteiger partial charge on any atom is -0.271 e. The highest BCUT2D eigenvalue weighted by Gasteiger charge is 2.13. The maximum Gasteiger partial charge on any atom is 0.103 e. The number of nitriles is 1. The Morgan fingerprint density at radius 1 is 1.54 bits per heavy atom. The molecule has 0 saturated carbocycles. The lowest BCUT2D eigenvalue weighted by atomic mass is 9.97. The van der Waals surface area contributed by atoms with Crippen LogP contribution in [0.25, 0.3) is 0 Å². The van der Waals surface area contributed by atoms with E-state index in [-0.39, 0.29) is 5.41 Å². The number of hydrogen-bond donors (Lipinski definition) is 0. The second kappa shape index (κ2) is 3.21. The van der Waals surface area contributed by atoms with Crippen LogP contribution < -0.4 is 0 Å². The topological polar surface area (TPSA) is 41.6 Å². The van der Waals surface area contributed by atoms with Gasteiger partial charge in [0.1, 0.15) is 6.07 Å². The Labute approximate surface area is 79.0 Å². The molecule has 0 atom stereocenters. The fraction of sp³-hybridized carbons (Fsp3) is 0.600. The SMILES string of the molecule is Cc1nn(CC(C)(C)C)cc1C#N. The Balaban J connectivity index is 2.87. The number of aryl methyl sites for hydroxylation is 1. The van der Waals surface area contributed by atoms with Gasteiger partial charge in [0, 0.05) is 12.7 Å². The highest BCUT2D eigenvalue weighted by atomic mass is 15.3. The molecule has 1 rings (SSSR count). The fourth-order valence-electron chi connectivity index (χ4n) is 1.19. The Morgan fingerprint density at radius 2 is 2.15 bits per heavy atom. The summed E-state index contributed by atoms with van der Waals surface area (Å²) >= 11 is 0. The molecule has 1 aromatic rings. The van der Waals surface area contributed by atoms with Crippen LogP contribution in [0.15, 0.2) is 6.20 Å². The normalized spacial score (nSPS) is 11.3. The summed E-state index contributed by atoms with van der Waals surface area (Å²) in [6.45, 7) is 9.15. The van der Waals surface area contributed by atoms with E-state index < -0.39 is 0 Å². The van der Waals surface area contributed by atoms with Crippen molar-refractivity contribution in [3.05, 3.63) is 17.5 Å². The maximum atomic E-state index is 8.73. The van der Waals surface area contributed by atoms with Crippen LogP contribution in [0.5, 0.6) is 0 Å². The van der Waals surface area contributed by atoms with E-state index in [0.717, 1.165) is 12.2 Å². The predicted octanol–water partition coefficient (Wildman–Crippen LogP) is 2.11. The Bertz CT molecular complexity index is 336. The smallest absolute Gasteiger partial charge is 0.103 e. The summed E-state index contributed by atoms with van der Waals surface area (Å²) in [5.41, 5.74) is 1.68. The molecule has 0 aliphatic heterocycles. The molecule has 1 aromatic heterocycles. The lowest BCUT2D eigenvalue weighted by molar-refractivity contribution is 0.325. The number of hydrogen-bond acceptors (Lipinski definition) is 2. The summed E-state index contributed by atoms with van der Waals surface area (Å²) < 4.78 is 1.84. The standard InChI is InChI=1S/C10H15N3/c1-8-9(5-11)6-13(12-8)7-10(2,3)4/h6H,7H2,1-4H3. The zero-order chi connectivity index (χ0) is 10.1. The van der Waals surface area contributed by atoms with Gasteiger partial charge < -0.3 is 0 Å². The molecule has 0 aliphatic rings. The zero-order valence-corrected chi connectivity index (χ0v) is 8.63. The van der Waals surface area contributed by atoms with Crippen LogP contribution >= 0.6 is 0 Å². The van der Waals surface area contributed by atoms with Crippen molar-refractivity contribution in [3.8, 4) is 6.07 Å². The Morgan fingerprint density at radius 3 is 2.54 bits per heavy atom. The molecule has 0 saturated heterocycles. The predicted molar refractivity (Wildman–Crippen MR) is 51.1 cm³/mol. The van der Waals surface area contributed by atoms with E-state index in [9.17, 15) is 0 Å². The number of aromatic nitrogens is 2. The molecule has 0 aromatic carbocycles. The van der Waals surface area contributed by atoms with Gasteiger partial charge >= 0.3 is 0 Å². The van der Waals surface area contributed by atoms with Crippen LogP contribution in [0, 0.1) is 23.7 Å². The molecule has 0 fully saturated rings. The highest BCUT2D eigenvalue weighted by Crippen LogP contribution is 2.16. The molecular weight excluding hydrogens is 162 g/mol. The van der Waals surface area contributed by atoms with Gasteiger partial charge in [-0.05, 0) is 12.3 Å². The first-order chi connectivity index (χ1) is 5.92. The van der Waals surface area contributed by atoms with Crippen LogP contribution in [-0.2, 0) is 6.54 Å². The second-order valence-corrected chi connectivity index (χ2v) is 4.50. The van der Waals surface area contributed by atoms with Gasteiger partial charge in [-0.15, -0.1) is 0 Å². The van der Waals surface area contributed by atoms with Crippen molar-refractivity contribution in [2.45, 2.75) is 34.2 Å². The van der Waals surface area contributed by atoms with Crippen LogP contribution in [0.1, 0.15) is 32.0 Å². The van der Waals surface area contributed by atoms with Gasteiger partial charge in [-0.2, -0.15) is 10.4 Å². The van der Waals surface area contributed by atoms with E-state index in [1.54, 1.807) is 6.20 Å². The van der Waals surface area contributed by atoms with Gasteiger partial charge in [-0.25, -0.2) is 0 Å². The molecule has 0 unspecified atom stereocenters. The Kier molecular flexibility index (Phi) is 2.42. The van der Waals surface area contributed by atoms with E-state index in [1.807, 2.05) is 11.6 Å². The summed E-state index contributed by atoms with van der Waals surface area (Å²) in [4.78, 5) is 0. The van der Waals surface area contributed by atoms with Crippen LogP contribution in [0.2, 0.25) is 0 Å². The largest absolute Gasteiger partial charge is 0.271 e. The zero-order valence-electron chi connectivity index (χ0n) is 8.63. The molecule has 0 aliphatic carbocycles. The molecule has 1 heterocycles. The van der Waals surface area contributed by atoms with Crippen LogP contribution in [-0.4, -0.2) is 9.78 Å². The van der Waals surface area contributed by atoms with Gasteiger partial charge in [0.15, 0.2) is 0 Å². The lowest BCUT2D eigenvalue weighted by Crippen LogP contribution is -2.15. The Hall–Kier alpha value is -1.30. The van der Waals surface area contributed by atoms with Crippen LogP contribution in [0.3, 0.4) is 0 Å². The third kappa shape index (κ3) is 2.59. The van der Waals surface area contributed by atoms with E-state index in [1.165, 1.54) is 0 Å². The average molecular weight is 177 g/mol. The summed E-state index contributed by atoms with van der Waals surface area (Å²) in [7, 11) is 0.